The number of rotatable bonds is 10. The second-order valence-electron chi connectivity index (χ2n) is 6.50. The van der Waals surface area contributed by atoms with Gasteiger partial charge in [0.25, 0.3) is 11.8 Å². The van der Waals surface area contributed by atoms with Crippen LogP contribution in [0.1, 0.15) is 39.0 Å². The van der Waals surface area contributed by atoms with Crippen LogP contribution in [0.4, 0.5) is 0 Å². The summed E-state index contributed by atoms with van der Waals surface area (Å²) in [4.78, 5) is 75.0. The highest BCUT2D eigenvalue weighted by Crippen LogP contribution is 2.18. The first-order valence-electron chi connectivity index (χ1n) is 9.05. The lowest BCUT2D eigenvalue weighted by Gasteiger charge is -2.14. The van der Waals surface area contributed by atoms with Crippen LogP contribution in [0.15, 0.2) is 0 Å². The minimum atomic E-state index is -0.762. The van der Waals surface area contributed by atoms with E-state index >= 15 is 0 Å². The van der Waals surface area contributed by atoms with Crippen molar-refractivity contribution in [2.24, 2.45) is 5.92 Å². The summed E-state index contributed by atoms with van der Waals surface area (Å²) in [5.74, 6) is -3.04. The molecule has 2 saturated heterocycles. The molecule has 2 aliphatic rings. The fraction of sp³-hybridized carbons (Fsp3) is 0.647. The van der Waals surface area contributed by atoms with Crippen LogP contribution in [-0.4, -0.2) is 71.8 Å². The quantitative estimate of drug-likeness (QED) is 0.362. The second-order valence-corrected chi connectivity index (χ2v) is 6.50. The Kier molecular flexibility index (Phi) is 7.61. The van der Waals surface area contributed by atoms with Gasteiger partial charge in [-0.1, -0.05) is 6.92 Å². The van der Waals surface area contributed by atoms with Crippen molar-refractivity contribution in [1.29, 1.82) is 0 Å². The van der Waals surface area contributed by atoms with Gasteiger partial charge in [-0.3, -0.25) is 28.9 Å². The first-order chi connectivity index (χ1) is 13.3. The Labute approximate surface area is 161 Å². The third kappa shape index (κ3) is 5.84. The second kappa shape index (κ2) is 9.93. The highest BCUT2D eigenvalue weighted by molar-refractivity contribution is 6.03. The predicted molar refractivity (Wildman–Crippen MR) is 90.7 cm³/mol. The van der Waals surface area contributed by atoms with Crippen molar-refractivity contribution < 1.29 is 38.3 Å². The average Bonchev–Trinajstić information content (AvgIpc) is 3.08. The summed E-state index contributed by atoms with van der Waals surface area (Å²) in [6, 6.07) is 0. The summed E-state index contributed by atoms with van der Waals surface area (Å²) in [5, 5.41) is 3.05. The lowest BCUT2D eigenvalue weighted by Crippen LogP contribution is -2.35. The maximum atomic E-state index is 11.7. The van der Waals surface area contributed by atoms with Gasteiger partial charge >= 0.3 is 5.97 Å². The van der Waals surface area contributed by atoms with Gasteiger partial charge < -0.3 is 14.9 Å². The van der Waals surface area contributed by atoms with E-state index in [0.29, 0.717) is 5.06 Å². The molecule has 5 amide bonds. The number of hydroxylamine groups is 2. The molecular formula is C17H23N3O8. The summed E-state index contributed by atoms with van der Waals surface area (Å²) >= 11 is 0. The summed E-state index contributed by atoms with van der Waals surface area (Å²) < 4.78 is 5.18. The molecule has 11 nitrogen and oxygen atoms in total. The van der Waals surface area contributed by atoms with Crippen molar-refractivity contribution in [3.63, 3.8) is 0 Å². The van der Waals surface area contributed by atoms with Crippen LogP contribution in [0.2, 0.25) is 0 Å². The van der Waals surface area contributed by atoms with Crippen LogP contribution < -0.4 is 5.32 Å². The Balaban J connectivity index is 1.51. The van der Waals surface area contributed by atoms with Crippen LogP contribution in [0.5, 0.6) is 0 Å². The Bertz CT molecular complexity index is 661. The normalized spacial score (nSPS) is 19.5. The fourth-order valence-electron chi connectivity index (χ4n) is 2.71. The van der Waals surface area contributed by atoms with E-state index in [1.54, 1.807) is 6.92 Å². The van der Waals surface area contributed by atoms with Crippen molar-refractivity contribution in [2.75, 3.05) is 26.3 Å². The molecule has 1 unspecified atom stereocenters. The van der Waals surface area contributed by atoms with Crippen LogP contribution in [0, 0.1) is 5.92 Å². The molecular weight excluding hydrogens is 374 g/mol. The molecule has 0 aromatic carbocycles. The van der Waals surface area contributed by atoms with Gasteiger partial charge in [0.05, 0.1) is 19.6 Å². The number of hydrogen-bond donors (Lipinski definition) is 1. The van der Waals surface area contributed by atoms with E-state index in [-0.39, 0.29) is 82.0 Å². The number of amides is 5. The zero-order chi connectivity index (χ0) is 20.7. The van der Waals surface area contributed by atoms with E-state index in [0.717, 1.165) is 4.90 Å². The first kappa shape index (κ1) is 21.5. The Morgan fingerprint density at radius 2 is 1.71 bits per heavy atom. The molecule has 2 aliphatic heterocycles. The van der Waals surface area contributed by atoms with Gasteiger partial charge in [0.2, 0.25) is 17.7 Å². The standard InChI is InChI=1S/C17H23N3O8/c1-11-10-15(24)19(17(11)26)7-4-12(21)18-6-9-27-8-5-16(25)28-20-13(22)2-3-14(20)23/h11H,2-10H2,1H3,(H,18,21). The van der Waals surface area contributed by atoms with E-state index in [9.17, 15) is 28.8 Å². The van der Waals surface area contributed by atoms with E-state index in [2.05, 4.69) is 10.2 Å². The SMILES string of the molecule is CC1CC(=O)N(CCC(=O)NCCOCCC(=O)ON2C(=O)CCC2=O)C1=O. The highest BCUT2D eigenvalue weighted by atomic mass is 16.7. The first-order valence-corrected chi connectivity index (χ1v) is 9.05. The summed E-state index contributed by atoms with van der Waals surface area (Å²) in [5.41, 5.74) is 0. The summed E-state index contributed by atoms with van der Waals surface area (Å²) in [6.07, 6.45) is 0.0937. The van der Waals surface area contributed by atoms with E-state index in [4.69, 9.17) is 4.74 Å². The van der Waals surface area contributed by atoms with Gasteiger partial charge in [-0.2, -0.15) is 0 Å². The zero-order valence-corrected chi connectivity index (χ0v) is 15.6. The molecule has 2 heterocycles. The molecule has 154 valence electrons. The van der Waals surface area contributed by atoms with Crippen LogP contribution >= 0.6 is 0 Å². The predicted octanol–water partition coefficient (Wildman–Crippen LogP) is -1.10. The smallest absolute Gasteiger partial charge is 0.335 e. The third-order valence-electron chi connectivity index (χ3n) is 4.25. The van der Waals surface area contributed by atoms with Crippen molar-refractivity contribution >= 4 is 35.5 Å². The molecule has 11 heteroatoms. The Hall–Kier alpha value is -2.82. The molecule has 1 N–H and O–H groups in total. The van der Waals surface area contributed by atoms with Crippen molar-refractivity contribution in [1.82, 2.24) is 15.3 Å². The van der Waals surface area contributed by atoms with Gasteiger partial charge in [0.1, 0.15) is 0 Å². The molecule has 1 atom stereocenters. The maximum absolute atomic E-state index is 11.7. The molecule has 0 bridgehead atoms. The van der Waals surface area contributed by atoms with Gasteiger partial charge in [-0.15, -0.1) is 5.06 Å². The fourth-order valence-corrected chi connectivity index (χ4v) is 2.71. The van der Waals surface area contributed by atoms with Gasteiger partial charge in [-0.25, -0.2) is 4.79 Å². The molecule has 0 aromatic rings. The maximum Gasteiger partial charge on any atom is 0.335 e. The minimum absolute atomic E-state index is 0.000402. The van der Waals surface area contributed by atoms with Crippen molar-refractivity contribution in [3.05, 3.63) is 0 Å². The molecule has 2 rings (SSSR count). The number of nitrogens with one attached hydrogen (secondary N) is 1. The zero-order valence-electron chi connectivity index (χ0n) is 15.6. The Morgan fingerprint density at radius 3 is 2.32 bits per heavy atom. The van der Waals surface area contributed by atoms with Crippen LogP contribution in [-0.2, 0) is 38.3 Å². The number of likely N-dealkylation sites (tertiary alicyclic amines) is 1. The summed E-state index contributed by atoms with van der Waals surface area (Å²) in [6.45, 7) is 2.05. The lowest BCUT2D eigenvalue weighted by atomic mass is 10.1. The average molecular weight is 397 g/mol. The third-order valence-corrected chi connectivity index (χ3v) is 4.25. The number of carbonyl (C=O) groups excluding carboxylic acids is 6. The number of imide groups is 2. The monoisotopic (exact) mass is 397 g/mol. The summed E-state index contributed by atoms with van der Waals surface area (Å²) in [7, 11) is 0. The number of ether oxygens (including phenoxy) is 1. The van der Waals surface area contributed by atoms with Crippen molar-refractivity contribution in [3.8, 4) is 0 Å². The van der Waals surface area contributed by atoms with E-state index in [1.165, 1.54) is 0 Å². The molecule has 0 spiro atoms. The number of nitrogens with zero attached hydrogens (tertiary/aromatic N) is 2. The molecule has 0 aliphatic carbocycles. The van der Waals surface area contributed by atoms with E-state index < -0.39 is 17.8 Å². The van der Waals surface area contributed by atoms with Crippen LogP contribution in [0.25, 0.3) is 0 Å². The van der Waals surface area contributed by atoms with Crippen LogP contribution in [0.3, 0.4) is 0 Å². The largest absolute Gasteiger partial charge is 0.379 e. The molecule has 0 saturated carbocycles. The highest BCUT2D eigenvalue weighted by Gasteiger charge is 2.35. The van der Waals surface area contributed by atoms with Gasteiger partial charge in [0, 0.05) is 44.7 Å². The lowest BCUT2D eigenvalue weighted by molar-refractivity contribution is -0.198. The minimum Gasteiger partial charge on any atom is -0.379 e. The van der Waals surface area contributed by atoms with E-state index in [1.807, 2.05) is 0 Å². The molecule has 2 fully saturated rings. The van der Waals surface area contributed by atoms with Gasteiger partial charge in [0.15, 0.2) is 0 Å². The molecule has 0 radical (unpaired) electrons. The van der Waals surface area contributed by atoms with Crippen molar-refractivity contribution in [2.45, 2.75) is 39.0 Å². The number of hydrogen-bond acceptors (Lipinski definition) is 8. The van der Waals surface area contributed by atoms with Gasteiger partial charge in [-0.05, 0) is 0 Å². The molecule has 0 aromatic heterocycles. The number of carbonyl (C=O) groups is 6. The Morgan fingerprint density at radius 1 is 1.04 bits per heavy atom. The molecule has 28 heavy (non-hydrogen) atoms. The topological polar surface area (TPSA) is 139 Å².